The third-order valence-corrected chi connectivity index (χ3v) is 3.77. The third kappa shape index (κ3) is 3.39. The molecule has 2 rings (SSSR count). The number of hydrogen-bond donors (Lipinski definition) is 1. The van der Waals surface area contributed by atoms with Crippen LogP contribution in [0.5, 0.6) is 11.5 Å². The van der Waals surface area contributed by atoms with Gasteiger partial charge in [0.25, 0.3) is 0 Å². The lowest BCUT2D eigenvalue weighted by Gasteiger charge is -2.13. The number of nitrogens with two attached hydrogens (primary N) is 1. The molecule has 2 aromatic rings. The maximum atomic E-state index is 9.35. The molecule has 0 saturated heterocycles. The van der Waals surface area contributed by atoms with E-state index in [1.807, 2.05) is 30.5 Å². The van der Waals surface area contributed by atoms with Crippen molar-refractivity contribution in [3.63, 3.8) is 0 Å². The number of thioether (sulfide) groups is 1. The molecule has 0 saturated carbocycles. The first-order valence-electron chi connectivity index (χ1n) is 6.44. The molecule has 0 spiro atoms. The molecule has 0 heterocycles. The van der Waals surface area contributed by atoms with Crippen LogP contribution in [0.4, 0.5) is 5.69 Å². The predicted octanol–water partition coefficient (Wildman–Crippen LogP) is 4.38. The van der Waals surface area contributed by atoms with Gasteiger partial charge in [0.2, 0.25) is 0 Å². The van der Waals surface area contributed by atoms with E-state index >= 15 is 0 Å². The molecule has 0 amide bonds. The van der Waals surface area contributed by atoms with Crippen molar-refractivity contribution in [1.29, 1.82) is 5.26 Å². The zero-order valence-electron chi connectivity index (χ0n) is 11.8. The maximum Gasteiger partial charge on any atom is 0.146 e. The number of nitriles is 1. The quantitative estimate of drug-likeness (QED) is 0.505. The molecule has 0 aliphatic carbocycles. The lowest BCUT2D eigenvalue weighted by Crippen LogP contribution is -1.96. The van der Waals surface area contributed by atoms with Crippen molar-refractivity contribution in [3.05, 3.63) is 60.2 Å². The van der Waals surface area contributed by atoms with Crippen LogP contribution in [0.3, 0.4) is 0 Å². The Kier molecular flexibility index (Phi) is 4.91. The molecule has 3 nitrogen and oxygen atoms in total. The minimum atomic E-state index is 0.548. The van der Waals surface area contributed by atoms with Crippen molar-refractivity contribution in [3.8, 4) is 17.6 Å². The van der Waals surface area contributed by atoms with Crippen molar-refractivity contribution in [2.24, 2.45) is 0 Å². The van der Waals surface area contributed by atoms with Crippen molar-refractivity contribution >= 4 is 17.4 Å². The SMILES string of the molecule is C=CCc1cc(N)ccc1Oc1cccc(SC)c1C#N. The van der Waals surface area contributed by atoms with E-state index in [2.05, 4.69) is 12.6 Å². The molecule has 0 atom stereocenters. The fraction of sp³-hybridized carbons (Fsp3) is 0.118. The van der Waals surface area contributed by atoms with Crippen LogP contribution in [0, 0.1) is 11.3 Å². The number of nitrogen functional groups attached to an aromatic ring is 1. The van der Waals surface area contributed by atoms with E-state index in [9.17, 15) is 5.26 Å². The second-order valence-corrected chi connectivity index (χ2v) is 5.26. The molecule has 2 aromatic carbocycles. The Hall–Kier alpha value is -2.38. The van der Waals surface area contributed by atoms with Gasteiger partial charge in [0.15, 0.2) is 0 Å². The summed E-state index contributed by atoms with van der Waals surface area (Å²) >= 11 is 1.52. The van der Waals surface area contributed by atoms with Gasteiger partial charge in [-0.1, -0.05) is 12.1 Å². The number of hydrogen-bond acceptors (Lipinski definition) is 4. The van der Waals surface area contributed by atoms with Gasteiger partial charge in [-0.05, 0) is 43.0 Å². The first kappa shape index (κ1) is 15.0. The van der Waals surface area contributed by atoms with Gasteiger partial charge in [0.1, 0.15) is 23.1 Å². The van der Waals surface area contributed by atoms with Gasteiger partial charge in [-0.2, -0.15) is 5.26 Å². The van der Waals surface area contributed by atoms with Crippen molar-refractivity contribution in [2.45, 2.75) is 11.3 Å². The van der Waals surface area contributed by atoms with Gasteiger partial charge in [-0.25, -0.2) is 0 Å². The van der Waals surface area contributed by atoms with Gasteiger partial charge in [-0.3, -0.25) is 0 Å². The zero-order chi connectivity index (χ0) is 15.2. The Morgan fingerprint density at radius 1 is 1.33 bits per heavy atom. The average Bonchev–Trinajstić information content (AvgIpc) is 2.50. The van der Waals surface area contributed by atoms with Crippen molar-refractivity contribution in [2.75, 3.05) is 12.0 Å². The number of rotatable bonds is 5. The van der Waals surface area contributed by atoms with E-state index in [4.69, 9.17) is 10.5 Å². The average molecular weight is 296 g/mol. The van der Waals surface area contributed by atoms with Crippen LogP contribution in [0.15, 0.2) is 53.9 Å². The molecule has 0 fully saturated rings. The van der Waals surface area contributed by atoms with Crippen molar-refractivity contribution < 1.29 is 4.74 Å². The summed E-state index contributed by atoms with van der Waals surface area (Å²) in [6, 6.07) is 13.3. The molecule has 0 radical (unpaired) electrons. The van der Waals surface area contributed by atoms with Gasteiger partial charge < -0.3 is 10.5 Å². The standard InChI is InChI=1S/C17H16N2OS/c1-3-5-12-10-13(19)8-9-15(12)20-16-6-4-7-17(21-2)14(16)11-18/h3-4,6-10H,1,5,19H2,2H3. The summed E-state index contributed by atoms with van der Waals surface area (Å²) in [5.41, 5.74) is 7.98. The summed E-state index contributed by atoms with van der Waals surface area (Å²) in [5, 5.41) is 9.35. The number of allylic oxidation sites excluding steroid dienone is 1. The van der Waals surface area contributed by atoms with Gasteiger partial charge in [0.05, 0.1) is 0 Å². The topological polar surface area (TPSA) is 59.0 Å². The zero-order valence-corrected chi connectivity index (χ0v) is 12.6. The monoisotopic (exact) mass is 296 g/mol. The molecular formula is C17H16N2OS. The number of benzene rings is 2. The molecular weight excluding hydrogens is 280 g/mol. The Balaban J connectivity index is 2.43. The molecule has 0 aliphatic heterocycles. The molecule has 0 bridgehead atoms. The van der Waals surface area contributed by atoms with Crippen LogP contribution < -0.4 is 10.5 Å². The highest BCUT2D eigenvalue weighted by Crippen LogP contribution is 2.33. The van der Waals surface area contributed by atoms with Crippen LogP contribution in [-0.2, 0) is 6.42 Å². The number of ether oxygens (including phenoxy) is 1. The molecule has 0 aromatic heterocycles. The van der Waals surface area contributed by atoms with Crippen LogP contribution >= 0.6 is 11.8 Å². The second kappa shape index (κ2) is 6.87. The highest BCUT2D eigenvalue weighted by Gasteiger charge is 2.11. The Bertz CT molecular complexity index is 704. The predicted molar refractivity (Wildman–Crippen MR) is 87.8 cm³/mol. The largest absolute Gasteiger partial charge is 0.456 e. The van der Waals surface area contributed by atoms with E-state index in [0.717, 1.165) is 10.5 Å². The summed E-state index contributed by atoms with van der Waals surface area (Å²) in [5.74, 6) is 1.25. The summed E-state index contributed by atoms with van der Waals surface area (Å²) in [6.45, 7) is 3.74. The third-order valence-electron chi connectivity index (χ3n) is 2.99. The molecule has 4 heteroatoms. The Morgan fingerprint density at radius 3 is 2.81 bits per heavy atom. The van der Waals surface area contributed by atoms with Crippen LogP contribution in [0.25, 0.3) is 0 Å². The van der Waals surface area contributed by atoms with E-state index < -0.39 is 0 Å². The van der Waals surface area contributed by atoms with E-state index in [-0.39, 0.29) is 0 Å². The Morgan fingerprint density at radius 2 is 2.14 bits per heavy atom. The summed E-state index contributed by atoms with van der Waals surface area (Å²) < 4.78 is 5.94. The smallest absolute Gasteiger partial charge is 0.146 e. The van der Waals surface area contributed by atoms with Crippen LogP contribution in [0.2, 0.25) is 0 Å². The summed E-state index contributed by atoms with van der Waals surface area (Å²) in [4.78, 5) is 0.899. The van der Waals surface area contributed by atoms with Crippen LogP contribution in [-0.4, -0.2) is 6.26 Å². The highest BCUT2D eigenvalue weighted by atomic mass is 32.2. The molecule has 2 N–H and O–H groups in total. The molecule has 21 heavy (non-hydrogen) atoms. The lowest BCUT2D eigenvalue weighted by molar-refractivity contribution is 0.474. The molecule has 106 valence electrons. The number of nitrogens with zero attached hydrogens (tertiary/aromatic N) is 1. The fourth-order valence-electron chi connectivity index (χ4n) is 2.01. The first-order chi connectivity index (χ1) is 10.2. The maximum absolute atomic E-state index is 9.35. The van der Waals surface area contributed by atoms with E-state index in [1.54, 1.807) is 18.2 Å². The summed E-state index contributed by atoms with van der Waals surface area (Å²) in [6.07, 6.45) is 4.39. The normalized spacial score (nSPS) is 9.90. The van der Waals surface area contributed by atoms with Crippen molar-refractivity contribution in [1.82, 2.24) is 0 Å². The lowest BCUT2D eigenvalue weighted by atomic mass is 10.1. The second-order valence-electron chi connectivity index (χ2n) is 4.41. The van der Waals surface area contributed by atoms with Gasteiger partial charge >= 0.3 is 0 Å². The van der Waals surface area contributed by atoms with Crippen LogP contribution in [0.1, 0.15) is 11.1 Å². The molecule has 0 aliphatic rings. The van der Waals surface area contributed by atoms with E-state index in [1.165, 1.54) is 11.8 Å². The minimum absolute atomic E-state index is 0.548. The van der Waals surface area contributed by atoms with E-state index in [0.29, 0.717) is 29.2 Å². The molecule has 0 unspecified atom stereocenters. The Labute approximate surface area is 129 Å². The fourth-order valence-corrected chi connectivity index (χ4v) is 2.57. The van der Waals surface area contributed by atoms with Gasteiger partial charge in [-0.15, -0.1) is 18.3 Å². The summed E-state index contributed by atoms with van der Waals surface area (Å²) in [7, 11) is 0. The number of anilines is 1. The minimum Gasteiger partial charge on any atom is -0.456 e. The highest BCUT2D eigenvalue weighted by molar-refractivity contribution is 7.98. The first-order valence-corrected chi connectivity index (χ1v) is 7.66. The van der Waals surface area contributed by atoms with Gasteiger partial charge in [0, 0.05) is 16.1 Å².